The summed E-state index contributed by atoms with van der Waals surface area (Å²) >= 11 is 1.38. The number of nitrogens with one attached hydrogen (secondary N) is 1. The standard InChI is InChI=1S/C19H19N3O4S/c1-11-7-12(2)16(13(3)8-11)20-15(23)10-22-18(25)17(24)21(19(22)26)9-14-5-4-6-27-14/h4-8H,9-10H2,1-3H3,(H,20,23). The van der Waals surface area contributed by atoms with Gasteiger partial charge in [0.1, 0.15) is 6.54 Å². The summed E-state index contributed by atoms with van der Waals surface area (Å²) in [5, 5.41) is 4.56. The molecular weight excluding hydrogens is 366 g/mol. The largest absolute Gasteiger partial charge is 0.335 e. The summed E-state index contributed by atoms with van der Waals surface area (Å²) in [5.74, 6) is -2.43. The maximum Gasteiger partial charge on any atom is 0.335 e. The van der Waals surface area contributed by atoms with E-state index in [1.807, 2.05) is 38.3 Å². The Hall–Kier alpha value is -3.00. The average Bonchev–Trinajstić information content (AvgIpc) is 3.17. The van der Waals surface area contributed by atoms with Crippen LogP contribution in [0.2, 0.25) is 0 Å². The van der Waals surface area contributed by atoms with Gasteiger partial charge >= 0.3 is 17.8 Å². The molecule has 5 amide bonds. The molecule has 0 bridgehead atoms. The summed E-state index contributed by atoms with van der Waals surface area (Å²) in [5.41, 5.74) is 3.49. The van der Waals surface area contributed by atoms with Gasteiger partial charge in [-0.3, -0.25) is 19.3 Å². The third kappa shape index (κ3) is 3.75. The number of imide groups is 2. The molecule has 0 aliphatic carbocycles. The SMILES string of the molecule is Cc1cc(C)c(NC(=O)CN2C(=O)C(=O)N(Cc3cccs3)C2=O)c(C)c1. The van der Waals surface area contributed by atoms with E-state index in [0.717, 1.165) is 26.5 Å². The molecule has 1 aromatic carbocycles. The second-order valence-electron chi connectivity index (χ2n) is 6.47. The molecule has 1 aliphatic heterocycles. The Morgan fingerprint density at radius 1 is 1.04 bits per heavy atom. The van der Waals surface area contributed by atoms with Gasteiger partial charge in [0.15, 0.2) is 0 Å². The normalized spacial score (nSPS) is 14.3. The van der Waals surface area contributed by atoms with E-state index in [1.54, 1.807) is 12.1 Å². The lowest BCUT2D eigenvalue weighted by Gasteiger charge is -2.16. The van der Waals surface area contributed by atoms with Crippen molar-refractivity contribution in [2.45, 2.75) is 27.3 Å². The molecule has 0 atom stereocenters. The summed E-state index contributed by atoms with van der Waals surface area (Å²) in [4.78, 5) is 51.5. The summed E-state index contributed by atoms with van der Waals surface area (Å²) in [6.07, 6.45) is 0. The van der Waals surface area contributed by atoms with Crippen molar-refractivity contribution < 1.29 is 19.2 Å². The van der Waals surface area contributed by atoms with Crippen molar-refractivity contribution in [3.05, 3.63) is 51.2 Å². The minimum absolute atomic E-state index is 0.0232. The smallest absolute Gasteiger partial charge is 0.324 e. The van der Waals surface area contributed by atoms with Crippen molar-refractivity contribution in [1.82, 2.24) is 9.80 Å². The van der Waals surface area contributed by atoms with Gasteiger partial charge in [-0.1, -0.05) is 23.8 Å². The third-order valence-corrected chi connectivity index (χ3v) is 5.13. The molecule has 1 aromatic heterocycles. The van der Waals surface area contributed by atoms with Crippen molar-refractivity contribution >= 4 is 40.8 Å². The number of nitrogens with zero attached hydrogens (tertiary/aromatic N) is 2. The molecule has 0 unspecified atom stereocenters. The number of amides is 5. The maximum atomic E-state index is 12.5. The molecular formula is C19H19N3O4S. The zero-order chi connectivity index (χ0) is 19.7. The Balaban J connectivity index is 1.71. The molecule has 0 saturated carbocycles. The van der Waals surface area contributed by atoms with Gasteiger partial charge in [0.2, 0.25) is 5.91 Å². The monoisotopic (exact) mass is 385 g/mol. The predicted molar refractivity (Wildman–Crippen MR) is 101 cm³/mol. The van der Waals surface area contributed by atoms with Gasteiger partial charge in [-0.2, -0.15) is 0 Å². The molecule has 8 heteroatoms. The van der Waals surface area contributed by atoms with Crippen molar-refractivity contribution in [2.75, 3.05) is 11.9 Å². The van der Waals surface area contributed by atoms with Crippen LogP contribution >= 0.6 is 11.3 Å². The lowest BCUT2D eigenvalue weighted by molar-refractivity contribution is -0.143. The first-order valence-electron chi connectivity index (χ1n) is 8.35. The Bertz CT molecular complexity index is 913. The lowest BCUT2D eigenvalue weighted by atomic mass is 10.1. The van der Waals surface area contributed by atoms with E-state index in [-0.39, 0.29) is 6.54 Å². The summed E-state index contributed by atoms with van der Waals surface area (Å²) < 4.78 is 0. The van der Waals surface area contributed by atoms with Crippen LogP contribution in [0.3, 0.4) is 0 Å². The number of anilines is 1. The molecule has 1 saturated heterocycles. The van der Waals surface area contributed by atoms with Crippen LogP contribution in [0.5, 0.6) is 0 Å². The quantitative estimate of drug-likeness (QED) is 0.633. The third-order valence-electron chi connectivity index (χ3n) is 4.27. The van der Waals surface area contributed by atoms with E-state index in [0.29, 0.717) is 10.6 Å². The van der Waals surface area contributed by atoms with Gasteiger partial charge in [0.25, 0.3) is 0 Å². The highest BCUT2D eigenvalue weighted by Gasteiger charge is 2.45. The number of urea groups is 1. The fourth-order valence-electron chi connectivity index (χ4n) is 3.09. The number of carbonyl (C=O) groups is 4. The van der Waals surface area contributed by atoms with E-state index in [4.69, 9.17) is 0 Å². The van der Waals surface area contributed by atoms with E-state index in [2.05, 4.69) is 5.32 Å². The van der Waals surface area contributed by atoms with E-state index in [9.17, 15) is 19.2 Å². The molecule has 0 radical (unpaired) electrons. The van der Waals surface area contributed by atoms with Crippen LogP contribution < -0.4 is 5.32 Å². The van der Waals surface area contributed by atoms with E-state index < -0.39 is 30.3 Å². The Labute approximate surface area is 160 Å². The van der Waals surface area contributed by atoms with Crippen molar-refractivity contribution in [2.24, 2.45) is 0 Å². The summed E-state index contributed by atoms with van der Waals surface area (Å²) in [6.45, 7) is 5.22. The number of hydrogen-bond acceptors (Lipinski definition) is 5. The number of thiophene rings is 1. The first-order chi connectivity index (χ1) is 12.8. The highest BCUT2D eigenvalue weighted by molar-refractivity contribution is 7.09. The van der Waals surface area contributed by atoms with Gasteiger partial charge in [-0.05, 0) is 43.3 Å². The van der Waals surface area contributed by atoms with Crippen molar-refractivity contribution in [3.63, 3.8) is 0 Å². The first-order valence-corrected chi connectivity index (χ1v) is 9.23. The second kappa shape index (κ2) is 7.32. The minimum Gasteiger partial charge on any atom is -0.324 e. The second-order valence-corrected chi connectivity index (χ2v) is 7.50. The molecule has 7 nitrogen and oxygen atoms in total. The highest BCUT2D eigenvalue weighted by atomic mass is 32.1. The van der Waals surface area contributed by atoms with Crippen LogP contribution in [0.25, 0.3) is 0 Å². The molecule has 1 fully saturated rings. The molecule has 27 heavy (non-hydrogen) atoms. The van der Waals surface area contributed by atoms with Crippen LogP contribution in [0, 0.1) is 20.8 Å². The molecule has 1 N–H and O–H groups in total. The van der Waals surface area contributed by atoms with Crippen LogP contribution in [0.15, 0.2) is 29.6 Å². The maximum absolute atomic E-state index is 12.5. The number of benzene rings is 1. The molecule has 2 aromatic rings. The lowest BCUT2D eigenvalue weighted by Crippen LogP contribution is -2.39. The Morgan fingerprint density at radius 2 is 1.67 bits per heavy atom. The molecule has 2 heterocycles. The molecule has 3 rings (SSSR count). The van der Waals surface area contributed by atoms with Crippen molar-refractivity contribution in [1.29, 1.82) is 0 Å². The van der Waals surface area contributed by atoms with Gasteiger partial charge in [0, 0.05) is 10.6 Å². The van der Waals surface area contributed by atoms with E-state index >= 15 is 0 Å². The predicted octanol–water partition coefficient (Wildman–Crippen LogP) is 2.60. The minimum atomic E-state index is -0.982. The fraction of sp³-hybridized carbons (Fsp3) is 0.263. The number of hydrogen-bond donors (Lipinski definition) is 1. The van der Waals surface area contributed by atoms with Gasteiger partial charge < -0.3 is 5.32 Å². The van der Waals surface area contributed by atoms with Crippen LogP contribution in [-0.2, 0) is 20.9 Å². The number of aryl methyl sites for hydroxylation is 3. The summed E-state index contributed by atoms with van der Waals surface area (Å²) in [7, 11) is 0. The summed E-state index contributed by atoms with van der Waals surface area (Å²) in [6, 6.07) is 6.66. The molecule has 1 aliphatic rings. The van der Waals surface area contributed by atoms with Gasteiger partial charge in [0.05, 0.1) is 6.54 Å². The van der Waals surface area contributed by atoms with Crippen LogP contribution in [-0.4, -0.2) is 40.1 Å². The zero-order valence-electron chi connectivity index (χ0n) is 15.2. The van der Waals surface area contributed by atoms with Gasteiger partial charge in [-0.15, -0.1) is 11.3 Å². The number of carbonyl (C=O) groups excluding carboxylic acids is 4. The first kappa shape index (κ1) is 18.8. The molecule has 0 spiro atoms. The fourth-order valence-corrected chi connectivity index (χ4v) is 3.78. The molecule has 140 valence electrons. The highest BCUT2D eigenvalue weighted by Crippen LogP contribution is 2.23. The van der Waals surface area contributed by atoms with E-state index in [1.165, 1.54) is 11.3 Å². The average molecular weight is 385 g/mol. The van der Waals surface area contributed by atoms with Crippen LogP contribution in [0.4, 0.5) is 10.5 Å². The van der Waals surface area contributed by atoms with Gasteiger partial charge in [-0.25, -0.2) is 9.69 Å². The zero-order valence-corrected chi connectivity index (χ0v) is 16.1. The van der Waals surface area contributed by atoms with Crippen LogP contribution in [0.1, 0.15) is 21.6 Å². The Kier molecular flexibility index (Phi) is 5.09. The Morgan fingerprint density at radius 3 is 2.26 bits per heavy atom. The topological polar surface area (TPSA) is 86.8 Å². The number of rotatable bonds is 5. The van der Waals surface area contributed by atoms with Crippen molar-refractivity contribution in [3.8, 4) is 0 Å².